The lowest BCUT2D eigenvalue weighted by Gasteiger charge is -2.20. The minimum absolute atomic E-state index is 0.0746. The standard InChI is InChI=1S/C20H24O3.C11H21NO2.C3H8/c1-4-14(3)19(22)18-15(5-2)11-12-16(13-21)20(18)23-17-9-7-6-8-10-17;1-8(9(2)12)6-7-10(13)14-11(3,4)5;1-3-2/h6-12,14,21H,4-5,13H2,1-3H3;8H,2,6-7,12H2,1,3-5H3;3H2,1-2H3. The molecule has 0 saturated heterocycles. The molecule has 2 aromatic rings. The van der Waals surface area contributed by atoms with Gasteiger partial charge in [0.15, 0.2) is 5.78 Å². The summed E-state index contributed by atoms with van der Waals surface area (Å²) in [5, 5.41) is 9.67. The number of hydrogen-bond donors (Lipinski definition) is 2. The number of ether oxygens (including phenoxy) is 2. The van der Waals surface area contributed by atoms with Crippen LogP contribution in [0.15, 0.2) is 54.7 Å². The van der Waals surface area contributed by atoms with Crippen LogP contribution in [-0.4, -0.2) is 22.5 Å². The number of benzene rings is 2. The van der Waals surface area contributed by atoms with Crippen molar-refractivity contribution in [3.63, 3.8) is 0 Å². The van der Waals surface area contributed by atoms with Crippen LogP contribution in [0.1, 0.15) is 109 Å². The Labute approximate surface area is 243 Å². The largest absolute Gasteiger partial charge is 0.460 e. The summed E-state index contributed by atoms with van der Waals surface area (Å²) in [4.78, 5) is 24.2. The van der Waals surface area contributed by atoms with E-state index in [-0.39, 0.29) is 30.2 Å². The SMILES string of the molecule is C=C(N)C(C)CCC(=O)OC(C)(C)C.CCC.CCc1ccc(CO)c(Oc2ccccc2)c1C(=O)C(C)CC. The Morgan fingerprint density at radius 2 is 1.50 bits per heavy atom. The number of rotatable bonds is 11. The Bertz CT molecular complexity index is 1040. The van der Waals surface area contributed by atoms with Crippen molar-refractivity contribution < 1.29 is 24.2 Å². The Balaban J connectivity index is 0.000000767. The van der Waals surface area contributed by atoms with Crippen molar-refractivity contribution in [1.29, 1.82) is 0 Å². The fraction of sp³-hybridized carbons (Fsp3) is 0.529. The molecule has 3 N–H and O–H groups in total. The molecule has 6 nitrogen and oxygen atoms in total. The predicted molar refractivity (Wildman–Crippen MR) is 166 cm³/mol. The van der Waals surface area contributed by atoms with Gasteiger partial charge in [-0.1, -0.05) is 84.9 Å². The third-order valence-corrected chi connectivity index (χ3v) is 5.98. The molecule has 0 amide bonds. The summed E-state index contributed by atoms with van der Waals surface area (Å²) >= 11 is 0. The van der Waals surface area contributed by atoms with Crippen LogP contribution in [0.25, 0.3) is 0 Å². The molecule has 0 saturated carbocycles. The monoisotopic (exact) mass is 555 g/mol. The lowest BCUT2D eigenvalue weighted by atomic mass is 9.90. The number of allylic oxidation sites excluding steroid dienone is 1. The Kier molecular flexibility index (Phi) is 17.6. The molecule has 0 aliphatic heterocycles. The lowest BCUT2D eigenvalue weighted by molar-refractivity contribution is -0.155. The second kappa shape index (κ2) is 19.0. The van der Waals surface area contributed by atoms with Crippen LogP contribution in [0.5, 0.6) is 11.5 Å². The van der Waals surface area contributed by atoms with Gasteiger partial charge in [0.2, 0.25) is 0 Å². The van der Waals surface area contributed by atoms with Crippen molar-refractivity contribution in [2.75, 3.05) is 0 Å². The van der Waals surface area contributed by atoms with E-state index in [1.807, 2.05) is 90.9 Å². The number of hydrogen-bond acceptors (Lipinski definition) is 6. The third kappa shape index (κ3) is 13.8. The Morgan fingerprint density at radius 1 is 0.950 bits per heavy atom. The molecule has 0 aromatic heterocycles. The first-order valence-corrected chi connectivity index (χ1v) is 14.4. The zero-order valence-corrected chi connectivity index (χ0v) is 26.3. The molecule has 2 unspecified atom stereocenters. The zero-order chi connectivity index (χ0) is 30.9. The van der Waals surface area contributed by atoms with Crippen LogP contribution in [0, 0.1) is 11.8 Å². The fourth-order valence-corrected chi connectivity index (χ4v) is 3.42. The van der Waals surface area contributed by atoms with E-state index in [9.17, 15) is 14.7 Å². The van der Waals surface area contributed by atoms with Crippen LogP contribution in [-0.2, 0) is 22.6 Å². The summed E-state index contributed by atoms with van der Waals surface area (Å²) in [6, 6.07) is 13.1. The number of aryl methyl sites for hydroxylation is 1. The van der Waals surface area contributed by atoms with Crippen molar-refractivity contribution >= 4 is 11.8 Å². The van der Waals surface area contributed by atoms with Crippen LogP contribution in [0.3, 0.4) is 0 Å². The molecule has 40 heavy (non-hydrogen) atoms. The molecule has 0 fully saturated rings. The van der Waals surface area contributed by atoms with Gasteiger partial charge < -0.3 is 20.3 Å². The highest BCUT2D eigenvalue weighted by Crippen LogP contribution is 2.34. The van der Waals surface area contributed by atoms with Gasteiger partial charge in [0.25, 0.3) is 0 Å². The molecule has 2 atom stereocenters. The average Bonchev–Trinajstić information content (AvgIpc) is 2.90. The summed E-state index contributed by atoms with van der Waals surface area (Å²) in [7, 11) is 0. The highest BCUT2D eigenvalue weighted by atomic mass is 16.6. The van der Waals surface area contributed by atoms with Crippen LogP contribution in [0.2, 0.25) is 0 Å². The predicted octanol–water partition coefficient (Wildman–Crippen LogP) is 8.40. The molecule has 0 aliphatic rings. The summed E-state index contributed by atoms with van der Waals surface area (Å²) in [5.74, 6) is 1.14. The molecular formula is C34H53NO5. The van der Waals surface area contributed by atoms with Gasteiger partial charge in [0.1, 0.15) is 17.1 Å². The number of esters is 1. The first-order chi connectivity index (χ1) is 18.8. The lowest BCUT2D eigenvalue weighted by Crippen LogP contribution is -2.24. The molecule has 224 valence electrons. The van der Waals surface area contributed by atoms with Crippen LogP contribution >= 0.6 is 0 Å². The number of carbonyl (C=O) groups excluding carboxylic acids is 2. The molecule has 0 aliphatic carbocycles. The summed E-state index contributed by atoms with van der Waals surface area (Å²) in [6.07, 6.45) is 3.86. The number of nitrogens with two attached hydrogens (primary N) is 1. The van der Waals surface area contributed by atoms with Gasteiger partial charge in [-0.05, 0) is 63.6 Å². The minimum Gasteiger partial charge on any atom is -0.460 e. The fourth-order valence-electron chi connectivity index (χ4n) is 3.42. The molecule has 6 heteroatoms. The number of aliphatic hydroxyl groups excluding tert-OH is 1. The maximum absolute atomic E-state index is 12.9. The molecule has 0 heterocycles. The van der Waals surface area contributed by atoms with Crippen molar-refractivity contribution in [1.82, 2.24) is 0 Å². The second-order valence-corrected chi connectivity index (χ2v) is 11.0. The number of para-hydroxylation sites is 1. The number of ketones is 1. The first-order valence-electron chi connectivity index (χ1n) is 14.4. The number of Topliss-reactive ketones (excluding diaryl/α,β-unsaturated/α-hetero) is 1. The number of aliphatic hydroxyl groups is 1. The third-order valence-electron chi connectivity index (χ3n) is 5.98. The van der Waals surface area contributed by atoms with E-state index >= 15 is 0 Å². The summed E-state index contributed by atoms with van der Waals surface area (Å²) in [5.41, 5.74) is 7.92. The second-order valence-electron chi connectivity index (χ2n) is 11.0. The van der Waals surface area contributed by atoms with Gasteiger partial charge in [-0.3, -0.25) is 9.59 Å². The first kappa shape index (κ1) is 36.9. The smallest absolute Gasteiger partial charge is 0.306 e. The summed E-state index contributed by atoms with van der Waals surface area (Å²) in [6.45, 7) is 21.2. The molecule has 2 rings (SSSR count). The van der Waals surface area contributed by atoms with Gasteiger partial charge in [-0.2, -0.15) is 0 Å². The molecule has 0 spiro atoms. The van der Waals surface area contributed by atoms with Crippen molar-refractivity contribution in [2.45, 2.75) is 107 Å². The van der Waals surface area contributed by atoms with E-state index in [2.05, 4.69) is 20.4 Å². The van der Waals surface area contributed by atoms with Crippen LogP contribution < -0.4 is 10.5 Å². The Morgan fingerprint density at radius 3 is 1.95 bits per heavy atom. The maximum atomic E-state index is 12.9. The van der Waals surface area contributed by atoms with E-state index in [4.69, 9.17) is 15.2 Å². The van der Waals surface area contributed by atoms with Gasteiger partial charge in [0, 0.05) is 23.6 Å². The van der Waals surface area contributed by atoms with Gasteiger partial charge in [-0.25, -0.2) is 0 Å². The van der Waals surface area contributed by atoms with Crippen molar-refractivity contribution in [3.8, 4) is 11.5 Å². The summed E-state index contributed by atoms with van der Waals surface area (Å²) < 4.78 is 11.2. The van der Waals surface area contributed by atoms with Gasteiger partial charge in [-0.15, -0.1) is 0 Å². The van der Waals surface area contributed by atoms with Crippen molar-refractivity contribution in [2.24, 2.45) is 17.6 Å². The molecule has 0 radical (unpaired) electrons. The molecule has 0 bridgehead atoms. The maximum Gasteiger partial charge on any atom is 0.306 e. The average molecular weight is 556 g/mol. The van der Waals surface area contributed by atoms with Gasteiger partial charge in [0.05, 0.1) is 12.2 Å². The van der Waals surface area contributed by atoms with E-state index in [1.54, 1.807) is 0 Å². The highest BCUT2D eigenvalue weighted by molar-refractivity contribution is 6.02. The Hall–Kier alpha value is -3.12. The van der Waals surface area contributed by atoms with E-state index in [0.717, 1.165) is 18.4 Å². The molecule has 2 aromatic carbocycles. The van der Waals surface area contributed by atoms with Gasteiger partial charge >= 0.3 is 5.97 Å². The van der Waals surface area contributed by atoms with E-state index in [0.29, 0.717) is 41.2 Å². The van der Waals surface area contributed by atoms with E-state index < -0.39 is 5.60 Å². The minimum atomic E-state index is -0.403. The van der Waals surface area contributed by atoms with Crippen molar-refractivity contribution in [3.05, 3.63) is 71.4 Å². The number of carbonyl (C=O) groups is 2. The zero-order valence-electron chi connectivity index (χ0n) is 26.3. The quantitative estimate of drug-likeness (QED) is 0.213. The van der Waals surface area contributed by atoms with E-state index in [1.165, 1.54) is 6.42 Å². The van der Waals surface area contributed by atoms with Crippen LogP contribution in [0.4, 0.5) is 0 Å². The normalized spacial score (nSPS) is 12.1. The molecular weight excluding hydrogens is 502 g/mol. The highest BCUT2D eigenvalue weighted by Gasteiger charge is 2.24. The topological polar surface area (TPSA) is 98.9 Å².